The number of amides is 3. The fourth-order valence-corrected chi connectivity index (χ4v) is 5.88. The van der Waals surface area contributed by atoms with Crippen LogP contribution in [0.5, 0.6) is 0 Å². The topological polar surface area (TPSA) is 157 Å². The van der Waals surface area contributed by atoms with Crippen LogP contribution in [0.2, 0.25) is 6.04 Å². The summed E-state index contributed by atoms with van der Waals surface area (Å²) >= 11 is 0. The van der Waals surface area contributed by atoms with Crippen molar-refractivity contribution in [2.24, 2.45) is 11.8 Å². The van der Waals surface area contributed by atoms with Gasteiger partial charge in [0.15, 0.2) is 5.78 Å². The molecule has 3 amide bonds. The fourth-order valence-electron chi connectivity index (χ4n) is 4.04. The van der Waals surface area contributed by atoms with Gasteiger partial charge in [-0.15, -0.1) is 0 Å². The summed E-state index contributed by atoms with van der Waals surface area (Å²) in [6.07, 6.45) is 3.19. The number of ketones is 1. The monoisotopic (exact) mass is 500 g/mol. The Bertz CT molecular complexity index is 712. The average Bonchev–Trinajstić information content (AvgIpc) is 3.27. The Morgan fingerprint density at radius 2 is 1.68 bits per heavy atom. The lowest BCUT2D eigenvalue weighted by Crippen LogP contribution is -2.60. The van der Waals surface area contributed by atoms with Gasteiger partial charge in [0.2, 0.25) is 17.7 Å². The van der Waals surface area contributed by atoms with Gasteiger partial charge in [-0.2, -0.15) is 0 Å². The van der Waals surface area contributed by atoms with Crippen LogP contribution in [0, 0.1) is 11.8 Å². The van der Waals surface area contributed by atoms with Crippen LogP contribution in [0.15, 0.2) is 0 Å². The van der Waals surface area contributed by atoms with Crippen molar-refractivity contribution < 1.29 is 28.8 Å². The van der Waals surface area contributed by atoms with Crippen molar-refractivity contribution in [3.8, 4) is 0 Å². The first-order chi connectivity index (χ1) is 15.8. The molecule has 1 saturated heterocycles. The predicted octanol–water partition coefficient (Wildman–Crippen LogP) is 0.250. The Balaban J connectivity index is 2.74. The zero-order valence-corrected chi connectivity index (χ0v) is 22.4. The predicted molar refractivity (Wildman–Crippen MR) is 132 cm³/mol. The molecule has 196 valence electrons. The number of nitrogens with one attached hydrogen (secondary N) is 4. The van der Waals surface area contributed by atoms with Gasteiger partial charge in [-0.3, -0.25) is 19.2 Å². The lowest BCUT2D eigenvalue weighted by molar-refractivity contribution is -0.130. The van der Waals surface area contributed by atoms with E-state index in [0.29, 0.717) is 25.7 Å². The molecule has 0 aromatic heterocycles. The quantitative estimate of drug-likeness (QED) is 0.187. The molecule has 1 aliphatic heterocycles. The Morgan fingerprint density at radius 1 is 1.03 bits per heavy atom. The van der Waals surface area contributed by atoms with Crippen molar-refractivity contribution in [1.29, 1.82) is 0 Å². The highest BCUT2D eigenvalue weighted by Gasteiger charge is 2.42. The molecule has 10 nitrogen and oxygen atoms in total. The molecule has 6 N–H and O–H groups in total. The maximum atomic E-state index is 12.9. The molecular formula is C23H44N4O6Si. The summed E-state index contributed by atoms with van der Waals surface area (Å²) in [5, 5.41) is 11.1. The van der Waals surface area contributed by atoms with E-state index >= 15 is 0 Å². The molecule has 1 heterocycles. The van der Waals surface area contributed by atoms with E-state index in [2.05, 4.69) is 21.3 Å². The highest BCUT2D eigenvalue weighted by Crippen LogP contribution is 2.21. The molecule has 0 aromatic carbocycles. The van der Waals surface area contributed by atoms with Crippen LogP contribution in [-0.4, -0.2) is 72.0 Å². The maximum Gasteiger partial charge on any atom is 0.356 e. The van der Waals surface area contributed by atoms with Gasteiger partial charge in [-0.25, -0.2) is 0 Å². The summed E-state index contributed by atoms with van der Waals surface area (Å²) in [7, 11) is -4.06. The van der Waals surface area contributed by atoms with Crippen LogP contribution in [0.4, 0.5) is 0 Å². The van der Waals surface area contributed by atoms with Gasteiger partial charge in [-0.05, 0) is 58.9 Å². The average molecular weight is 501 g/mol. The van der Waals surface area contributed by atoms with Gasteiger partial charge >= 0.3 is 8.56 Å². The number of carbonyl (C=O) groups is 4. The largest absolute Gasteiger partial charge is 0.409 e. The number of Topliss-reactive ketones (excluding diaryl/α,β-unsaturated/α-hetero) is 1. The molecule has 5 atom stereocenters. The van der Waals surface area contributed by atoms with E-state index in [9.17, 15) is 28.8 Å². The highest BCUT2D eigenvalue weighted by molar-refractivity contribution is 6.66. The smallest absolute Gasteiger partial charge is 0.356 e. The summed E-state index contributed by atoms with van der Waals surface area (Å²) in [4.78, 5) is 71.3. The van der Waals surface area contributed by atoms with E-state index < -0.39 is 38.1 Å². The Hall–Kier alpha value is -1.82. The second kappa shape index (κ2) is 13.9. The second-order valence-electron chi connectivity index (χ2n) is 9.98. The first-order valence-electron chi connectivity index (χ1n) is 12.4. The molecule has 1 rings (SSSR count). The van der Waals surface area contributed by atoms with Gasteiger partial charge < -0.3 is 30.9 Å². The Labute approximate surface area is 204 Å². The van der Waals surface area contributed by atoms with Crippen LogP contribution in [0.1, 0.15) is 73.6 Å². The summed E-state index contributed by atoms with van der Waals surface area (Å²) in [6.45, 7) is 11.0. The van der Waals surface area contributed by atoms with Crippen molar-refractivity contribution in [1.82, 2.24) is 21.3 Å². The van der Waals surface area contributed by atoms with Crippen molar-refractivity contribution in [3.05, 3.63) is 0 Å². The van der Waals surface area contributed by atoms with Crippen molar-refractivity contribution >= 4 is 32.1 Å². The standard InChI is InChI=1S/C23H44N4O6Si/c1-7-9-18(22(30)27-20(16(5)28)12-14(2)3)13-34(32,33)17(6)26-21(29)15(4)25-23(31)19-10-8-11-24-19/h14-15,17-20,24,32-33H,7-13H2,1-6H3,(H,25,31)(H,26,29)(H,27,30). The van der Waals surface area contributed by atoms with Crippen LogP contribution in [-0.2, 0) is 19.2 Å². The third-order valence-electron chi connectivity index (χ3n) is 6.25. The highest BCUT2D eigenvalue weighted by atomic mass is 28.4. The number of hydrogen-bond donors (Lipinski definition) is 6. The summed E-state index contributed by atoms with van der Waals surface area (Å²) < 4.78 is 0. The third-order valence-corrected chi connectivity index (χ3v) is 8.88. The normalized spacial score (nSPS) is 19.7. The van der Waals surface area contributed by atoms with Gasteiger partial charge in [0.25, 0.3) is 0 Å². The molecule has 34 heavy (non-hydrogen) atoms. The molecule has 0 saturated carbocycles. The summed E-state index contributed by atoms with van der Waals surface area (Å²) in [5.74, 6) is -1.78. The number of rotatable bonds is 14. The molecule has 0 bridgehead atoms. The van der Waals surface area contributed by atoms with Crippen molar-refractivity contribution in [3.63, 3.8) is 0 Å². The van der Waals surface area contributed by atoms with Crippen molar-refractivity contribution in [2.45, 2.75) is 103 Å². The third kappa shape index (κ3) is 9.81. The van der Waals surface area contributed by atoms with Gasteiger partial charge in [0.1, 0.15) is 6.04 Å². The van der Waals surface area contributed by atoms with E-state index in [4.69, 9.17) is 0 Å². The molecule has 0 aromatic rings. The van der Waals surface area contributed by atoms with Crippen LogP contribution in [0.3, 0.4) is 0 Å². The lowest BCUT2D eigenvalue weighted by Gasteiger charge is -2.31. The van der Waals surface area contributed by atoms with E-state index in [1.807, 2.05) is 20.8 Å². The molecule has 1 aliphatic rings. The zero-order chi connectivity index (χ0) is 26.1. The second-order valence-corrected chi connectivity index (χ2v) is 13.0. The van der Waals surface area contributed by atoms with Gasteiger partial charge in [0.05, 0.1) is 17.7 Å². The Morgan fingerprint density at radius 3 is 2.18 bits per heavy atom. The molecule has 0 aliphatic carbocycles. The van der Waals surface area contributed by atoms with Crippen LogP contribution >= 0.6 is 0 Å². The maximum absolute atomic E-state index is 12.9. The molecule has 0 spiro atoms. The van der Waals surface area contributed by atoms with E-state index in [1.54, 1.807) is 0 Å². The molecule has 1 fully saturated rings. The van der Waals surface area contributed by atoms with Crippen molar-refractivity contribution in [2.75, 3.05) is 6.54 Å². The van der Waals surface area contributed by atoms with Crippen LogP contribution < -0.4 is 21.3 Å². The first kappa shape index (κ1) is 30.2. The molecular weight excluding hydrogens is 456 g/mol. The SMILES string of the molecule is CCCC(C[Si](O)(O)C(C)NC(=O)C(C)NC(=O)C1CCCN1)C(=O)NC(CC(C)C)C(C)=O. The van der Waals surface area contributed by atoms with E-state index in [0.717, 1.165) is 13.0 Å². The van der Waals surface area contributed by atoms with E-state index in [1.165, 1.54) is 20.8 Å². The minimum atomic E-state index is -4.06. The molecule has 5 unspecified atom stereocenters. The molecule has 0 radical (unpaired) electrons. The van der Waals surface area contributed by atoms with Gasteiger partial charge in [0, 0.05) is 12.0 Å². The minimum absolute atomic E-state index is 0.140. The lowest BCUT2D eigenvalue weighted by atomic mass is 9.99. The number of carbonyl (C=O) groups excluding carboxylic acids is 4. The fraction of sp³-hybridized carbons (Fsp3) is 0.826. The Kier molecular flexibility index (Phi) is 12.4. The zero-order valence-electron chi connectivity index (χ0n) is 21.4. The van der Waals surface area contributed by atoms with Gasteiger partial charge in [-0.1, -0.05) is 27.2 Å². The molecule has 11 heteroatoms. The number of hydrogen-bond acceptors (Lipinski definition) is 7. The summed E-state index contributed by atoms with van der Waals surface area (Å²) in [6, 6.07) is -1.95. The minimum Gasteiger partial charge on any atom is -0.409 e. The first-order valence-corrected chi connectivity index (χ1v) is 14.6. The van der Waals surface area contributed by atoms with E-state index in [-0.39, 0.29) is 35.6 Å². The summed E-state index contributed by atoms with van der Waals surface area (Å²) in [5.41, 5.74) is -0.963. The van der Waals surface area contributed by atoms with Crippen LogP contribution in [0.25, 0.3) is 0 Å².